The molecule has 0 amide bonds. The highest BCUT2D eigenvalue weighted by Crippen LogP contribution is 2.33. The summed E-state index contributed by atoms with van der Waals surface area (Å²) in [6.45, 7) is 2.18. The van der Waals surface area contributed by atoms with E-state index in [4.69, 9.17) is 10.5 Å². The van der Waals surface area contributed by atoms with Crippen LogP contribution in [0.4, 0.5) is 5.82 Å². The van der Waals surface area contributed by atoms with E-state index in [0.717, 1.165) is 27.4 Å². The van der Waals surface area contributed by atoms with Crippen molar-refractivity contribution in [2.45, 2.75) is 13.5 Å². The summed E-state index contributed by atoms with van der Waals surface area (Å²) >= 11 is 0. The van der Waals surface area contributed by atoms with E-state index in [9.17, 15) is 4.79 Å². The largest absolute Gasteiger partial charge is 0.465 e. The number of pyridine rings is 1. The van der Waals surface area contributed by atoms with Crippen molar-refractivity contribution >= 4 is 33.7 Å². The van der Waals surface area contributed by atoms with Crippen LogP contribution in [0.2, 0.25) is 0 Å². The van der Waals surface area contributed by atoms with E-state index in [0.29, 0.717) is 18.1 Å². The number of rotatable bonds is 4. The predicted octanol–water partition coefficient (Wildman–Crippen LogP) is 2.79. The second-order valence-electron chi connectivity index (χ2n) is 5.82. The molecule has 0 unspecified atom stereocenters. The fourth-order valence-corrected chi connectivity index (χ4v) is 3.15. The van der Waals surface area contributed by atoms with E-state index in [1.807, 2.05) is 34.9 Å². The first-order valence-corrected chi connectivity index (χ1v) is 8.27. The van der Waals surface area contributed by atoms with Gasteiger partial charge in [0.1, 0.15) is 24.3 Å². The van der Waals surface area contributed by atoms with Gasteiger partial charge in [0.05, 0.1) is 17.5 Å². The molecule has 26 heavy (non-hydrogen) atoms. The highest BCUT2D eigenvalue weighted by atomic mass is 16.5. The number of carbonyl (C=O) groups is 1. The van der Waals surface area contributed by atoms with Crippen LogP contribution in [0.25, 0.3) is 33.1 Å². The van der Waals surface area contributed by atoms with Crippen molar-refractivity contribution < 1.29 is 9.53 Å². The summed E-state index contributed by atoms with van der Waals surface area (Å²) in [4.78, 5) is 24.7. The van der Waals surface area contributed by atoms with Crippen LogP contribution in [0.1, 0.15) is 6.92 Å². The standard InChI is InChI=1S/C19H17N5O2/c1-2-26-16(25)10-24-15-6-5-12(13-4-3-7-21-9-13)8-14(15)17-18(20)22-11-23-19(17)24/h3-9,11H,2,10H2,1H3,(H2,20,22,23). The van der Waals surface area contributed by atoms with Crippen LogP contribution in [0, 0.1) is 0 Å². The first-order valence-electron chi connectivity index (χ1n) is 8.27. The average Bonchev–Trinajstić information content (AvgIpc) is 2.97. The molecule has 3 aromatic heterocycles. The zero-order chi connectivity index (χ0) is 18.1. The third kappa shape index (κ3) is 2.63. The van der Waals surface area contributed by atoms with Gasteiger partial charge in [0.25, 0.3) is 0 Å². The van der Waals surface area contributed by atoms with Crippen molar-refractivity contribution in [3.05, 3.63) is 49.1 Å². The van der Waals surface area contributed by atoms with Crippen molar-refractivity contribution in [2.75, 3.05) is 12.3 Å². The van der Waals surface area contributed by atoms with Crippen molar-refractivity contribution in [1.29, 1.82) is 0 Å². The number of nitrogens with two attached hydrogens (primary N) is 1. The maximum atomic E-state index is 12.0. The molecular weight excluding hydrogens is 330 g/mol. The van der Waals surface area contributed by atoms with Gasteiger partial charge in [0.15, 0.2) is 0 Å². The van der Waals surface area contributed by atoms with Gasteiger partial charge in [-0.15, -0.1) is 0 Å². The van der Waals surface area contributed by atoms with Crippen molar-refractivity contribution in [1.82, 2.24) is 19.5 Å². The molecule has 0 saturated heterocycles. The second-order valence-corrected chi connectivity index (χ2v) is 5.82. The quantitative estimate of drug-likeness (QED) is 0.570. The SMILES string of the molecule is CCOC(=O)Cn1c2ccc(-c3cccnc3)cc2c2c(N)ncnc21. The van der Waals surface area contributed by atoms with Crippen LogP contribution in [0.3, 0.4) is 0 Å². The van der Waals surface area contributed by atoms with E-state index in [1.165, 1.54) is 6.33 Å². The Balaban J connectivity index is 1.96. The Morgan fingerprint density at radius 1 is 1.23 bits per heavy atom. The Kier molecular flexibility index (Phi) is 3.96. The van der Waals surface area contributed by atoms with Crippen LogP contribution in [-0.4, -0.2) is 32.1 Å². The molecule has 7 heteroatoms. The number of nitrogen functional groups attached to an aromatic ring is 1. The van der Waals surface area contributed by atoms with Gasteiger partial charge in [0.2, 0.25) is 0 Å². The number of esters is 1. The molecule has 0 fully saturated rings. The summed E-state index contributed by atoms with van der Waals surface area (Å²) in [5.41, 5.74) is 9.59. The van der Waals surface area contributed by atoms with Gasteiger partial charge in [0, 0.05) is 23.3 Å². The number of fused-ring (bicyclic) bond motifs is 3. The summed E-state index contributed by atoms with van der Waals surface area (Å²) in [6.07, 6.45) is 4.94. The van der Waals surface area contributed by atoms with Gasteiger partial charge in [-0.25, -0.2) is 9.97 Å². The lowest BCUT2D eigenvalue weighted by Crippen LogP contribution is -2.13. The molecule has 0 aliphatic heterocycles. The number of benzene rings is 1. The highest BCUT2D eigenvalue weighted by Gasteiger charge is 2.18. The van der Waals surface area contributed by atoms with E-state index in [1.54, 1.807) is 19.3 Å². The molecule has 0 atom stereocenters. The molecule has 0 spiro atoms. The molecule has 4 aromatic rings. The minimum absolute atomic E-state index is 0.0660. The van der Waals surface area contributed by atoms with Crippen LogP contribution >= 0.6 is 0 Å². The zero-order valence-corrected chi connectivity index (χ0v) is 14.2. The Morgan fingerprint density at radius 2 is 2.12 bits per heavy atom. The topological polar surface area (TPSA) is 95.9 Å². The molecular formula is C19H17N5O2. The molecule has 7 nitrogen and oxygen atoms in total. The van der Waals surface area contributed by atoms with Gasteiger partial charge in [-0.05, 0) is 30.7 Å². The van der Waals surface area contributed by atoms with Crippen LogP contribution in [-0.2, 0) is 16.1 Å². The monoisotopic (exact) mass is 347 g/mol. The third-order valence-corrected chi connectivity index (χ3v) is 4.26. The van der Waals surface area contributed by atoms with Gasteiger partial charge >= 0.3 is 5.97 Å². The normalized spacial score (nSPS) is 11.1. The minimum atomic E-state index is -0.320. The summed E-state index contributed by atoms with van der Waals surface area (Å²) in [6, 6.07) is 9.85. The fraction of sp³-hybridized carbons (Fsp3) is 0.158. The van der Waals surface area contributed by atoms with Crippen molar-refractivity contribution in [3.63, 3.8) is 0 Å². The number of ether oxygens (including phenoxy) is 1. The van der Waals surface area contributed by atoms with Gasteiger partial charge in [-0.3, -0.25) is 9.78 Å². The third-order valence-electron chi connectivity index (χ3n) is 4.26. The van der Waals surface area contributed by atoms with Crippen molar-refractivity contribution in [3.8, 4) is 11.1 Å². The molecule has 4 rings (SSSR count). The van der Waals surface area contributed by atoms with Crippen LogP contribution in [0.15, 0.2) is 49.1 Å². The van der Waals surface area contributed by atoms with Crippen LogP contribution in [0.5, 0.6) is 0 Å². The second kappa shape index (κ2) is 6.44. The fourth-order valence-electron chi connectivity index (χ4n) is 3.15. The maximum absolute atomic E-state index is 12.0. The minimum Gasteiger partial charge on any atom is -0.465 e. The molecule has 130 valence electrons. The van der Waals surface area contributed by atoms with E-state index in [-0.39, 0.29) is 12.5 Å². The highest BCUT2D eigenvalue weighted by molar-refractivity contribution is 6.12. The molecule has 1 aromatic carbocycles. The number of hydrogen-bond donors (Lipinski definition) is 1. The molecule has 3 heterocycles. The van der Waals surface area contributed by atoms with Gasteiger partial charge in [-0.2, -0.15) is 0 Å². The molecule has 0 saturated carbocycles. The summed E-state index contributed by atoms with van der Waals surface area (Å²) in [5.74, 6) is 0.0609. The Morgan fingerprint density at radius 3 is 2.88 bits per heavy atom. The summed E-state index contributed by atoms with van der Waals surface area (Å²) < 4.78 is 6.91. The maximum Gasteiger partial charge on any atom is 0.326 e. The van der Waals surface area contributed by atoms with Gasteiger partial charge < -0.3 is 15.0 Å². The Labute approximate surface area is 149 Å². The first-order chi connectivity index (χ1) is 12.7. The molecule has 0 radical (unpaired) electrons. The molecule has 0 aliphatic carbocycles. The van der Waals surface area contributed by atoms with Gasteiger partial charge in [-0.1, -0.05) is 12.1 Å². The van der Waals surface area contributed by atoms with E-state index >= 15 is 0 Å². The number of nitrogens with zero attached hydrogens (tertiary/aromatic N) is 4. The number of carbonyl (C=O) groups excluding carboxylic acids is 1. The average molecular weight is 347 g/mol. The lowest BCUT2D eigenvalue weighted by atomic mass is 10.0. The molecule has 0 aliphatic rings. The zero-order valence-electron chi connectivity index (χ0n) is 14.2. The molecule has 0 bridgehead atoms. The van der Waals surface area contributed by atoms with Crippen LogP contribution < -0.4 is 5.73 Å². The summed E-state index contributed by atoms with van der Waals surface area (Å²) in [7, 11) is 0. The number of aromatic nitrogens is 4. The smallest absolute Gasteiger partial charge is 0.326 e. The number of hydrogen-bond acceptors (Lipinski definition) is 6. The van der Waals surface area contributed by atoms with E-state index in [2.05, 4.69) is 15.0 Å². The summed E-state index contributed by atoms with van der Waals surface area (Å²) in [5, 5.41) is 1.63. The predicted molar refractivity (Wildman–Crippen MR) is 99.3 cm³/mol. The Hall–Kier alpha value is -3.48. The lowest BCUT2D eigenvalue weighted by molar-refractivity contribution is -0.143. The first kappa shape index (κ1) is 16.0. The Bertz CT molecular complexity index is 1110. The van der Waals surface area contributed by atoms with E-state index < -0.39 is 0 Å². The lowest BCUT2D eigenvalue weighted by Gasteiger charge is -2.07. The van der Waals surface area contributed by atoms with Crippen molar-refractivity contribution in [2.24, 2.45) is 0 Å². The molecule has 2 N–H and O–H groups in total. The number of anilines is 1.